The zero-order chi connectivity index (χ0) is 20.2. The van der Waals surface area contributed by atoms with Crippen molar-refractivity contribution in [3.05, 3.63) is 82.8 Å². The predicted octanol–water partition coefficient (Wildman–Crippen LogP) is 3.60. The Morgan fingerprint density at radius 2 is 1.86 bits per heavy atom. The third-order valence-corrected chi connectivity index (χ3v) is 5.13. The van der Waals surface area contributed by atoms with Gasteiger partial charge < -0.3 is 15.0 Å². The second kappa shape index (κ2) is 8.31. The Balaban J connectivity index is 1.50. The van der Waals surface area contributed by atoms with Crippen LogP contribution in [0.25, 0.3) is 0 Å². The molecule has 0 saturated heterocycles. The molecule has 29 heavy (non-hydrogen) atoms. The summed E-state index contributed by atoms with van der Waals surface area (Å²) >= 11 is 0. The van der Waals surface area contributed by atoms with Crippen molar-refractivity contribution >= 4 is 11.7 Å². The highest BCUT2D eigenvalue weighted by Crippen LogP contribution is 2.21. The molecule has 0 fully saturated rings. The maximum Gasteiger partial charge on any atom is 0.272 e. The maximum absolute atomic E-state index is 13.1. The van der Waals surface area contributed by atoms with Crippen molar-refractivity contribution in [3.63, 3.8) is 0 Å². The van der Waals surface area contributed by atoms with Crippen molar-refractivity contribution in [1.82, 2.24) is 14.9 Å². The average Bonchev–Trinajstić information content (AvgIpc) is 2.76. The molecule has 1 aromatic heterocycles. The molecule has 6 heteroatoms. The van der Waals surface area contributed by atoms with Gasteiger partial charge in [-0.3, -0.25) is 4.79 Å². The first-order chi connectivity index (χ1) is 14.1. The van der Waals surface area contributed by atoms with Crippen LogP contribution in [0.2, 0.25) is 0 Å². The van der Waals surface area contributed by atoms with Gasteiger partial charge in [-0.1, -0.05) is 42.5 Å². The summed E-state index contributed by atoms with van der Waals surface area (Å²) in [6, 6.07) is 17.8. The minimum atomic E-state index is -0.0645. The lowest BCUT2D eigenvalue weighted by molar-refractivity contribution is 0.0728. The fourth-order valence-corrected chi connectivity index (χ4v) is 3.63. The van der Waals surface area contributed by atoms with E-state index in [0.717, 1.165) is 17.7 Å². The molecule has 0 bridgehead atoms. The minimum Gasteiger partial charge on any atom is -0.496 e. The average molecular weight is 388 g/mol. The number of benzene rings is 2. The van der Waals surface area contributed by atoms with E-state index in [2.05, 4.69) is 27.4 Å². The first-order valence-electron chi connectivity index (χ1n) is 9.71. The van der Waals surface area contributed by atoms with E-state index < -0.39 is 0 Å². The zero-order valence-electron chi connectivity index (χ0n) is 16.7. The Morgan fingerprint density at radius 3 is 2.69 bits per heavy atom. The number of methoxy groups -OCH3 is 1. The number of rotatable bonds is 5. The summed E-state index contributed by atoms with van der Waals surface area (Å²) in [7, 11) is 1.65. The van der Waals surface area contributed by atoms with Gasteiger partial charge in [0.05, 0.1) is 7.11 Å². The molecule has 0 aliphatic carbocycles. The highest BCUT2D eigenvalue weighted by Gasteiger charge is 2.23. The smallest absolute Gasteiger partial charge is 0.272 e. The van der Waals surface area contributed by atoms with E-state index in [9.17, 15) is 4.79 Å². The van der Waals surface area contributed by atoms with Crippen molar-refractivity contribution in [2.75, 3.05) is 19.0 Å². The summed E-state index contributed by atoms with van der Waals surface area (Å²) in [6.07, 6.45) is 0.866. The van der Waals surface area contributed by atoms with E-state index in [0.29, 0.717) is 37.0 Å². The Bertz CT molecular complexity index is 1030. The predicted molar refractivity (Wildman–Crippen MR) is 112 cm³/mol. The highest BCUT2D eigenvalue weighted by atomic mass is 16.5. The molecular weight excluding hydrogens is 364 g/mol. The van der Waals surface area contributed by atoms with E-state index in [1.165, 1.54) is 11.1 Å². The number of aromatic nitrogens is 2. The number of carbonyl (C=O) groups is 1. The van der Waals surface area contributed by atoms with Gasteiger partial charge in [0.2, 0.25) is 0 Å². The fraction of sp³-hybridized carbons (Fsp3) is 0.261. The third kappa shape index (κ3) is 4.21. The van der Waals surface area contributed by atoms with E-state index >= 15 is 0 Å². The molecule has 0 saturated carbocycles. The van der Waals surface area contributed by atoms with E-state index in [1.807, 2.05) is 41.3 Å². The maximum atomic E-state index is 13.1. The largest absolute Gasteiger partial charge is 0.496 e. The van der Waals surface area contributed by atoms with Gasteiger partial charge in [0, 0.05) is 31.3 Å². The lowest BCUT2D eigenvalue weighted by atomic mass is 10.00. The van der Waals surface area contributed by atoms with E-state index in [-0.39, 0.29) is 5.91 Å². The van der Waals surface area contributed by atoms with Crippen LogP contribution in [0.3, 0.4) is 0 Å². The van der Waals surface area contributed by atoms with E-state index in [4.69, 9.17) is 4.74 Å². The monoisotopic (exact) mass is 388 g/mol. The standard InChI is InChI=1S/C23H24N4O2/c1-16-25-20(23(28)27-12-11-17-7-3-4-9-19(17)15-27)13-22(26-16)24-14-18-8-5-6-10-21(18)29-2/h3-10,13H,11-12,14-15H2,1-2H3,(H,24,25,26). The molecule has 148 valence electrons. The number of anilines is 1. The molecule has 1 aliphatic rings. The van der Waals surface area contributed by atoms with Crippen LogP contribution in [-0.4, -0.2) is 34.4 Å². The summed E-state index contributed by atoms with van der Waals surface area (Å²) < 4.78 is 5.39. The van der Waals surface area contributed by atoms with Gasteiger partial charge in [-0.25, -0.2) is 9.97 Å². The fourth-order valence-electron chi connectivity index (χ4n) is 3.63. The molecule has 2 aromatic carbocycles. The topological polar surface area (TPSA) is 67.3 Å². The normalized spacial score (nSPS) is 13.0. The number of hydrogen-bond donors (Lipinski definition) is 1. The number of nitrogens with one attached hydrogen (secondary N) is 1. The molecule has 0 atom stereocenters. The molecule has 1 aliphatic heterocycles. The van der Waals surface area contributed by atoms with Crippen LogP contribution in [0, 0.1) is 6.92 Å². The summed E-state index contributed by atoms with van der Waals surface area (Å²) in [6.45, 7) is 3.66. The number of hydrogen-bond acceptors (Lipinski definition) is 5. The Kier molecular flexibility index (Phi) is 5.42. The van der Waals surface area contributed by atoms with Crippen molar-refractivity contribution < 1.29 is 9.53 Å². The van der Waals surface area contributed by atoms with Crippen LogP contribution in [0.4, 0.5) is 5.82 Å². The summed E-state index contributed by atoms with van der Waals surface area (Å²) in [4.78, 5) is 23.8. The third-order valence-electron chi connectivity index (χ3n) is 5.13. The van der Waals surface area contributed by atoms with Gasteiger partial charge in [0.15, 0.2) is 0 Å². The number of carbonyl (C=O) groups excluding carboxylic acids is 1. The quantitative estimate of drug-likeness (QED) is 0.723. The second-order valence-electron chi connectivity index (χ2n) is 7.10. The first-order valence-corrected chi connectivity index (χ1v) is 9.71. The lowest BCUT2D eigenvalue weighted by Gasteiger charge is -2.28. The number of amides is 1. The molecule has 0 spiro atoms. The van der Waals surface area contributed by atoms with Crippen LogP contribution in [0.5, 0.6) is 5.75 Å². The van der Waals surface area contributed by atoms with Gasteiger partial charge in [0.1, 0.15) is 23.1 Å². The molecule has 6 nitrogen and oxygen atoms in total. The number of aryl methyl sites for hydroxylation is 1. The van der Waals surface area contributed by atoms with Gasteiger partial charge in [0.25, 0.3) is 5.91 Å². The van der Waals surface area contributed by atoms with Crippen molar-refractivity contribution in [3.8, 4) is 5.75 Å². The number of para-hydroxylation sites is 1. The summed E-state index contributed by atoms with van der Waals surface area (Å²) in [5.41, 5.74) is 3.95. The highest BCUT2D eigenvalue weighted by molar-refractivity contribution is 5.93. The lowest BCUT2D eigenvalue weighted by Crippen LogP contribution is -2.36. The summed E-state index contributed by atoms with van der Waals surface area (Å²) in [5.74, 6) is 1.94. The molecule has 3 aromatic rings. The Labute approximate surface area is 170 Å². The zero-order valence-corrected chi connectivity index (χ0v) is 16.7. The molecule has 4 rings (SSSR count). The number of fused-ring (bicyclic) bond motifs is 1. The Morgan fingerprint density at radius 1 is 1.10 bits per heavy atom. The minimum absolute atomic E-state index is 0.0645. The van der Waals surface area contributed by atoms with Crippen LogP contribution in [0.15, 0.2) is 54.6 Å². The van der Waals surface area contributed by atoms with Gasteiger partial charge in [-0.2, -0.15) is 0 Å². The molecule has 0 radical (unpaired) electrons. The molecular formula is C23H24N4O2. The SMILES string of the molecule is COc1ccccc1CNc1cc(C(=O)N2CCc3ccccc3C2)nc(C)n1. The molecule has 0 unspecified atom stereocenters. The Hall–Kier alpha value is -3.41. The number of nitrogens with zero attached hydrogens (tertiary/aromatic N) is 3. The summed E-state index contributed by atoms with van der Waals surface area (Å²) in [5, 5.41) is 3.29. The molecule has 2 heterocycles. The second-order valence-corrected chi connectivity index (χ2v) is 7.10. The van der Waals surface area contributed by atoms with Crippen LogP contribution in [0.1, 0.15) is 33.0 Å². The van der Waals surface area contributed by atoms with Gasteiger partial charge in [-0.15, -0.1) is 0 Å². The van der Waals surface area contributed by atoms with E-state index in [1.54, 1.807) is 20.1 Å². The van der Waals surface area contributed by atoms with Gasteiger partial charge >= 0.3 is 0 Å². The van der Waals surface area contributed by atoms with Crippen molar-refractivity contribution in [1.29, 1.82) is 0 Å². The number of ether oxygens (including phenoxy) is 1. The molecule has 1 amide bonds. The van der Waals surface area contributed by atoms with Gasteiger partial charge in [-0.05, 0) is 30.5 Å². The molecule has 1 N–H and O–H groups in total. The van der Waals surface area contributed by atoms with Crippen LogP contribution >= 0.6 is 0 Å². The van der Waals surface area contributed by atoms with Crippen molar-refractivity contribution in [2.45, 2.75) is 26.4 Å². The van der Waals surface area contributed by atoms with Crippen molar-refractivity contribution in [2.24, 2.45) is 0 Å². The van der Waals surface area contributed by atoms with Crippen LogP contribution in [-0.2, 0) is 19.5 Å². The van der Waals surface area contributed by atoms with Crippen LogP contribution < -0.4 is 10.1 Å². The first kappa shape index (κ1) is 18.9.